The fourth-order valence-corrected chi connectivity index (χ4v) is 3.73. The molecule has 2 aromatic rings. The molecule has 0 saturated carbocycles. The van der Waals surface area contributed by atoms with Crippen LogP contribution in [0.1, 0.15) is 36.0 Å². The number of sulfone groups is 1. The van der Waals surface area contributed by atoms with Crippen LogP contribution in [-0.2, 0) is 21.1 Å². The molecule has 1 aliphatic heterocycles. The quantitative estimate of drug-likeness (QED) is 0.888. The minimum atomic E-state index is -3.22. The fraction of sp³-hybridized carbons (Fsp3) is 0.471. The molecule has 2 heterocycles. The zero-order valence-corrected chi connectivity index (χ0v) is 15.2. The molecule has 0 unspecified atom stereocenters. The molecule has 1 aromatic heterocycles. The standard InChI is InChI=1S/C17H22N4O3S/c1-12-18-17(20-19-12)14-4-3-9-21(11-14)16(22)10-13-5-7-15(8-6-13)25(2,23)24/h5-8,14H,3-4,9-11H2,1-2H3,(H,18,19,20)/t14-/m1/s1. The molecule has 3 rings (SSSR count). The number of nitrogens with zero attached hydrogens (tertiary/aromatic N) is 3. The summed E-state index contributed by atoms with van der Waals surface area (Å²) in [6.45, 7) is 3.22. The minimum absolute atomic E-state index is 0.0454. The minimum Gasteiger partial charge on any atom is -0.342 e. The van der Waals surface area contributed by atoms with Gasteiger partial charge in [0.15, 0.2) is 15.7 Å². The van der Waals surface area contributed by atoms with Crippen molar-refractivity contribution >= 4 is 15.7 Å². The number of carbonyl (C=O) groups is 1. The third kappa shape index (κ3) is 4.25. The van der Waals surface area contributed by atoms with Crippen molar-refractivity contribution in [3.05, 3.63) is 41.5 Å². The molecule has 0 spiro atoms. The van der Waals surface area contributed by atoms with Crippen LogP contribution in [-0.4, -0.2) is 53.8 Å². The summed E-state index contributed by atoms with van der Waals surface area (Å²) in [7, 11) is -3.22. The zero-order valence-electron chi connectivity index (χ0n) is 14.4. The van der Waals surface area contributed by atoms with Crippen LogP contribution in [0.25, 0.3) is 0 Å². The van der Waals surface area contributed by atoms with Crippen molar-refractivity contribution in [3.63, 3.8) is 0 Å². The Morgan fingerprint density at radius 1 is 1.32 bits per heavy atom. The SMILES string of the molecule is Cc1nc([C@@H]2CCCN(C(=O)Cc3ccc(S(C)(=O)=O)cc3)C2)n[nH]1. The van der Waals surface area contributed by atoms with Crippen LogP contribution >= 0.6 is 0 Å². The molecule has 0 bridgehead atoms. The van der Waals surface area contributed by atoms with Gasteiger partial charge < -0.3 is 4.90 Å². The van der Waals surface area contributed by atoms with E-state index in [-0.39, 0.29) is 23.1 Å². The topological polar surface area (TPSA) is 96.0 Å². The number of benzene rings is 1. The summed E-state index contributed by atoms with van der Waals surface area (Å²) >= 11 is 0. The predicted octanol–water partition coefficient (Wildman–Crippen LogP) is 1.47. The number of rotatable bonds is 4. The Balaban J connectivity index is 1.64. The molecule has 1 aromatic carbocycles. The highest BCUT2D eigenvalue weighted by molar-refractivity contribution is 7.90. The zero-order chi connectivity index (χ0) is 18.0. The Morgan fingerprint density at radius 2 is 2.04 bits per heavy atom. The second-order valence-corrected chi connectivity index (χ2v) is 8.57. The average Bonchev–Trinajstić information content (AvgIpc) is 3.01. The number of aromatic nitrogens is 3. The van der Waals surface area contributed by atoms with E-state index in [2.05, 4.69) is 15.2 Å². The van der Waals surface area contributed by atoms with Gasteiger partial charge in [-0.1, -0.05) is 12.1 Å². The lowest BCUT2D eigenvalue weighted by atomic mass is 9.97. The van der Waals surface area contributed by atoms with Gasteiger partial charge in [-0.15, -0.1) is 0 Å². The van der Waals surface area contributed by atoms with Crippen LogP contribution in [0, 0.1) is 6.92 Å². The molecule has 1 saturated heterocycles. The van der Waals surface area contributed by atoms with Gasteiger partial charge in [0.2, 0.25) is 5.91 Å². The van der Waals surface area contributed by atoms with Crippen LogP contribution in [0.2, 0.25) is 0 Å². The van der Waals surface area contributed by atoms with E-state index in [9.17, 15) is 13.2 Å². The summed E-state index contributed by atoms with van der Waals surface area (Å²) < 4.78 is 23.0. The summed E-state index contributed by atoms with van der Waals surface area (Å²) in [5, 5.41) is 7.07. The summed E-state index contributed by atoms with van der Waals surface area (Å²) in [6.07, 6.45) is 3.34. The van der Waals surface area contributed by atoms with E-state index in [0.29, 0.717) is 6.54 Å². The van der Waals surface area contributed by atoms with Gasteiger partial charge in [-0.2, -0.15) is 5.10 Å². The van der Waals surface area contributed by atoms with Gasteiger partial charge in [0.05, 0.1) is 11.3 Å². The second kappa shape index (κ2) is 6.95. The van der Waals surface area contributed by atoms with E-state index in [1.54, 1.807) is 24.3 Å². The van der Waals surface area contributed by atoms with Crippen LogP contribution < -0.4 is 0 Å². The van der Waals surface area contributed by atoms with Gasteiger partial charge in [-0.3, -0.25) is 9.89 Å². The molecule has 0 radical (unpaired) electrons. The molecule has 1 N–H and O–H groups in total. The van der Waals surface area contributed by atoms with Crippen molar-refractivity contribution in [3.8, 4) is 0 Å². The smallest absolute Gasteiger partial charge is 0.227 e. The average molecular weight is 362 g/mol. The first-order chi connectivity index (χ1) is 11.8. The largest absolute Gasteiger partial charge is 0.342 e. The lowest BCUT2D eigenvalue weighted by Crippen LogP contribution is -2.40. The maximum absolute atomic E-state index is 12.6. The highest BCUT2D eigenvalue weighted by Crippen LogP contribution is 2.25. The predicted molar refractivity (Wildman–Crippen MR) is 92.9 cm³/mol. The van der Waals surface area contributed by atoms with Crippen LogP contribution in [0.5, 0.6) is 0 Å². The monoisotopic (exact) mass is 362 g/mol. The summed E-state index contributed by atoms with van der Waals surface area (Å²) in [6, 6.07) is 6.50. The molecule has 1 atom stereocenters. The van der Waals surface area contributed by atoms with E-state index in [1.807, 2.05) is 11.8 Å². The fourth-order valence-electron chi connectivity index (χ4n) is 3.10. The van der Waals surface area contributed by atoms with Crippen molar-refractivity contribution in [1.82, 2.24) is 20.1 Å². The van der Waals surface area contributed by atoms with Gasteiger partial charge in [-0.25, -0.2) is 13.4 Å². The van der Waals surface area contributed by atoms with E-state index in [0.717, 1.165) is 36.6 Å². The molecular formula is C17H22N4O3S. The number of amides is 1. The number of hydrogen-bond acceptors (Lipinski definition) is 5. The van der Waals surface area contributed by atoms with E-state index < -0.39 is 9.84 Å². The first kappa shape index (κ1) is 17.6. The van der Waals surface area contributed by atoms with Crippen molar-refractivity contribution < 1.29 is 13.2 Å². The van der Waals surface area contributed by atoms with E-state index in [4.69, 9.17) is 0 Å². The summed E-state index contributed by atoms with van der Waals surface area (Å²) in [5.41, 5.74) is 0.813. The highest BCUT2D eigenvalue weighted by atomic mass is 32.2. The summed E-state index contributed by atoms with van der Waals surface area (Å²) in [4.78, 5) is 19.1. The van der Waals surface area contributed by atoms with Gasteiger partial charge in [0.1, 0.15) is 5.82 Å². The third-order valence-electron chi connectivity index (χ3n) is 4.46. The maximum Gasteiger partial charge on any atom is 0.227 e. The number of piperidine rings is 1. The number of nitrogens with one attached hydrogen (secondary N) is 1. The Bertz CT molecular complexity index is 858. The Kier molecular flexibility index (Phi) is 4.89. The first-order valence-electron chi connectivity index (χ1n) is 8.28. The number of hydrogen-bond donors (Lipinski definition) is 1. The van der Waals surface area contributed by atoms with Crippen molar-refractivity contribution in [2.24, 2.45) is 0 Å². The molecule has 7 nitrogen and oxygen atoms in total. The highest BCUT2D eigenvalue weighted by Gasteiger charge is 2.27. The van der Waals surface area contributed by atoms with Crippen LogP contribution in [0.4, 0.5) is 0 Å². The molecule has 8 heteroatoms. The van der Waals surface area contributed by atoms with Crippen LogP contribution in [0.3, 0.4) is 0 Å². The van der Waals surface area contributed by atoms with E-state index >= 15 is 0 Å². The second-order valence-electron chi connectivity index (χ2n) is 6.55. The first-order valence-corrected chi connectivity index (χ1v) is 10.2. The van der Waals surface area contributed by atoms with Crippen molar-refractivity contribution in [1.29, 1.82) is 0 Å². The molecular weight excluding hydrogens is 340 g/mol. The molecule has 1 fully saturated rings. The van der Waals surface area contributed by atoms with E-state index in [1.165, 1.54) is 6.26 Å². The van der Waals surface area contributed by atoms with Gasteiger partial charge >= 0.3 is 0 Å². The normalized spacial score (nSPS) is 18.3. The lowest BCUT2D eigenvalue weighted by Gasteiger charge is -2.31. The molecule has 0 aliphatic carbocycles. The number of H-pyrrole nitrogens is 1. The maximum atomic E-state index is 12.6. The van der Waals surface area contributed by atoms with Gasteiger partial charge in [0.25, 0.3) is 0 Å². The third-order valence-corrected chi connectivity index (χ3v) is 5.59. The lowest BCUT2D eigenvalue weighted by molar-refractivity contribution is -0.131. The summed E-state index contributed by atoms with van der Waals surface area (Å²) in [5.74, 6) is 1.76. The number of carbonyl (C=O) groups excluding carboxylic acids is 1. The number of aryl methyl sites for hydroxylation is 1. The molecule has 134 valence electrons. The Morgan fingerprint density at radius 3 is 2.64 bits per heavy atom. The Labute approximate surface area is 147 Å². The molecule has 25 heavy (non-hydrogen) atoms. The van der Waals surface area contributed by atoms with Crippen molar-refractivity contribution in [2.45, 2.75) is 37.0 Å². The number of likely N-dealkylation sites (tertiary alicyclic amines) is 1. The van der Waals surface area contributed by atoms with Crippen molar-refractivity contribution in [2.75, 3.05) is 19.3 Å². The van der Waals surface area contributed by atoms with Gasteiger partial charge in [0, 0.05) is 25.3 Å². The van der Waals surface area contributed by atoms with Gasteiger partial charge in [-0.05, 0) is 37.5 Å². The molecule has 1 amide bonds. The number of aromatic amines is 1. The van der Waals surface area contributed by atoms with Crippen LogP contribution in [0.15, 0.2) is 29.2 Å². The molecule has 1 aliphatic rings. The Hall–Kier alpha value is -2.22.